The number of anilines is 1. The topological polar surface area (TPSA) is 68.0 Å². The molecule has 210 valence electrons. The Kier molecular flexibility index (Phi) is 8.37. The molecular weight excluding hydrogens is 551 g/mol. The Balaban J connectivity index is 1.69. The maximum absolute atomic E-state index is 16.0. The molecule has 4 rings (SSSR count). The average Bonchev–Trinajstić information content (AvgIpc) is 2.88. The van der Waals surface area contributed by atoms with Gasteiger partial charge in [0.2, 0.25) is 0 Å². The third-order valence-electron chi connectivity index (χ3n) is 6.72. The first-order valence-corrected chi connectivity index (χ1v) is 13.3. The fourth-order valence-corrected chi connectivity index (χ4v) is 5.52. The number of nitrogens with zero attached hydrogens (tertiary/aromatic N) is 2. The quantitative estimate of drug-likeness (QED) is 0.326. The van der Waals surface area contributed by atoms with Gasteiger partial charge >= 0.3 is 6.09 Å². The summed E-state index contributed by atoms with van der Waals surface area (Å²) in [5.41, 5.74) is 7.62. The number of fused-ring (bicyclic) bond motifs is 1. The summed E-state index contributed by atoms with van der Waals surface area (Å²) in [7, 11) is 1.53. The Hall–Kier alpha value is -2.98. The molecule has 2 N–H and O–H groups in total. The van der Waals surface area contributed by atoms with Crippen molar-refractivity contribution in [1.29, 1.82) is 0 Å². The van der Waals surface area contributed by atoms with Gasteiger partial charge in [-0.05, 0) is 68.5 Å². The molecule has 1 saturated heterocycles. The number of nitrogen functional groups attached to an aromatic ring is 1. The second-order valence-electron chi connectivity index (χ2n) is 10.5. The number of allylic oxidation sites excluding steroid dienone is 1. The monoisotopic (exact) mass is 581 g/mol. The Morgan fingerprint density at radius 3 is 2.59 bits per heavy atom. The van der Waals surface area contributed by atoms with Crippen molar-refractivity contribution >= 4 is 46.7 Å². The third-order valence-corrected chi connectivity index (χ3v) is 7.47. The number of aryl methyl sites for hydroxylation is 1. The van der Waals surface area contributed by atoms with Gasteiger partial charge in [-0.3, -0.25) is 0 Å². The molecule has 1 amide bonds. The van der Waals surface area contributed by atoms with Crippen LogP contribution in [0.2, 0.25) is 5.02 Å². The van der Waals surface area contributed by atoms with Crippen LogP contribution in [-0.2, 0) is 11.2 Å². The van der Waals surface area contributed by atoms with Gasteiger partial charge in [0.25, 0.3) is 6.43 Å². The van der Waals surface area contributed by atoms with Gasteiger partial charge in [-0.2, -0.15) is 0 Å². The molecule has 1 aliphatic carbocycles. The number of piperazine rings is 1. The molecule has 2 aliphatic rings. The van der Waals surface area contributed by atoms with Crippen LogP contribution in [0.4, 0.5) is 23.7 Å². The summed E-state index contributed by atoms with van der Waals surface area (Å²) in [6.45, 7) is 4.86. The molecule has 2 aromatic rings. The van der Waals surface area contributed by atoms with Crippen LogP contribution < -0.4 is 10.5 Å². The van der Waals surface area contributed by atoms with Gasteiger partial charge in [0.05, 0.1) is 24.4 Å². The maximum atomic E-state index is 16.0. The predicted octanol–water partition coefficient (Wildman–Crippen LogP) is 6.56. The van der Waals surface area contributed by atoms with Gasteiger partial charge in [0, 0.05) is 24.2 Å². The lowest BCUT2D eigenvalue weighted by Crippen LogP contribution is -2.59. The fraction of sp³-hybridized carbons (Fsp3) is 0.429. The van der Waals surface area contributed by atoms with Crippen molar-refractivity contribution in [3.63, 3.8) is 0 Å². The first-order chi connectivity index (χ1) is 18.3. The number of alkyl halides is 2. The van der Waals surface area contributed by atoms with Crippen molar-refractivity contribution in [3.05, 3.63) is 51.8 Å². The van der Waals surface area contributed by atoms with Gasteiger partial charge in [0.15, 0.2) is 5.82 Å². The normalized spacial score (nSPS) is 17.3. The zero-order chi connectivity index (χ0) is 28.6. The third kappa shape index (κ3) is 5.96. The van der Waals surface area contributed by atoms with Crippen molar-refractivity contribution in [3.8, 4) is 16.9 Å². The van der Waals surface area contributed by atoms with E-state index in [4.69, 9.17) is 39.0 Å². The number of thiocarbonyl (C=S) groups is 1. The van der Waals surface area contributed by atoms with Crippen LogP contribution in [0.15, 0.2) is 24.3 Å². The van der Waals surface area contributed by atoms with E-state index in [0.717, 1.165) is 24.0 Å². The lowest BCUT2D eigenvalue weighted by Gasteiger charge is -2.42. The van der Waals surface area contributed by atoms with E-state index in [1.165, 1.54) is 23.0 Å². The number of methoxy groups -OCH3 is 1. The van der Waals surface area contributed by atoms with E-state index in [1.54, 1.807) is 26.8 Å². The number of amides is 1. The molecule has 1 aliphatic heterocycles. The fourth-order valence-electron chi connectivity index (χ4n) is 4.84. The Morgan fingerprint density at radius 2 is 1.95 bits per heavy atom. The molecule has 0 spiro atoms. The lowest BCUT2D eigenvalue weighted by atomic mass is 9.88. The average molecular weight is 582 g/mol. The second-order valence-corrected chi connectivity index (χ2v) is 11.3. The summed E-state index contributed by atoms with van der Waals surface area (Å²) in [6, 6.07) is 3.58. The predicted molar refractivity (Wildman–Crippen MR) is 151 cm³/mol. The van der Waals surface area contributed by atoms with E-state index < -0.39 is 30.0 Å². The highest BCUT2D eigenvalue weighted by Gasteiger charge is 2.39. The highest BCUT2D eigenvalue weighted by molar-refractivity contribution is 7.80. The molecule has 2 aromatic carbocycles. The first-order valence-electron chi connectivity index (χ1n) is 12.5. The summed E-state index contributed by atoms with van der Waals surface area (Å²) in [6.07, 6.45) is 1.99. The largest absolute Gasteiger partial charge is 0.497 e. The minimum Gasteiger partial charge on any atom is -0.497 e. The van der Waals surface area contributed by atoms with Crippen molar-refractivity contribution in [2.24, 2.45) is 0 Å². The highest BCUT2D eigenvalue weighted by Crippen LogP contribution is 2.42. The van der Waals surface area contributed by atoms with E-state index in [1.807, 2.05) is 18.2 Å². The molecule has 0 radical (unpaired) electrons. The molecule has 11 heteroatoms. The van der Waals surface area contributed by atoms with Crippen LogP contribution in [0.1, 0.15) is 43.9 Å². The number of ether oxygens (including phenoxy) is 2. The van der Waals surface area contributed by atoms with E-state index in [-0.39, 0.29) is 46.5 Å². The minimum atomic E-state index is -2.84. The first kappa shape index (κ1) is 29.0. The summed E-state index contributed by atoms with van der Waals surface area (Å²) in [4.78, 5) is 14.9. The number of rotatable bonds is 4. The van der Waals surface area contributed by atoms with Crippen LogP contribution >= 0.6 is 23.8 Å². The van der Waals surface area contributed by atoms with Gasteiger partial charge in [-0.15, -0.1) is 0 Å². The Bertz CT molecular complexity index is 1330. The van der Waals surface area contributed by atoms with Crippen molar-refractivity contribution in [2.75, 3.05) is 32.5 Å². The van der Waals surface area contributed by atoms with Gasteiger partial charge in [0.1, 0.15) is 22.4 Å². The zero-order valence-electron chi connectivity index (χ0n) is 22.2. The van der Waals surface area contributed by atoms with Crippen LogP contribution in [0.25, 0.3) is 17.2 Å². The summed E-state index contributed by atoms with van der Waals surface area (Å²) in [5, 5.41) is 0.0365. The summed E-state index contributed by atoms with van der Waals surface area (Å²) < 4.78 is 55.0. The molecular formula is C28H31ClF3N3O3S. The molecule has 1 fully saturated rings. The molecule has 6 nitrogen and oxygen atoms in total. The van der Waals surface area contributed by atoms with E-state index in [9.17, 15) is 13.6 Å². The van der Waals surface area contributed by atoms with Crippen LogP contribution in [0.3, 0.4) is 0 Å². The van der Waals surface area contributed by atoms with Crippen molar-refractivity contribution in [2.45, 2.75) is 51.7 Å². The Labute approximate surface area is 236 Å². The SMILES string of the molecule is COc1cc2c(c(-c3c(Cl)cc(C(=S)N4CCN(C(=O)OC(C)(C)C)CC4C(F)F)c(N)c3F)c1)C=CCC2. The number of halogens is 4. The maximum Gasteiger partial charge on any atom is 0.410 e. The molecule has 39 heavy (non-hydrogen) atoms. The molecule has 0 bridgehead atoms. The number of hydrogen-bond acceptors (Lipinski definition) is 5. The van der Waals surface area contributed by atoms with E-state index >= 15 is 4.39 Å². The lowest BCUT2D eigenvalue weighted by molar-refractivity contribution is -0.0140. The molecule has 1 unspecified atom stereocenters. The van der Waals surface area contributed by atoms with Gasteiger partial charge < -0.3 is 25.0 Å². The molecule has 0 saturated carbocycles. The minimum absolute atomic E-state index is 0.0122. The smallest absolute Gasteiger partial charge is 0.410 e. The summed E-state index contributed by atoms with van der Waals surface area (Å²) in [5.74, 6) is -0.245. The Morgan fingerprint density at radius 1 is 1.23 bits per heavy atom. The highest BCUT2D eigenvalue weighted by atomic mass is 35.5. The number of hydrogen-bond donors (Lipinski definition) is 1. The van der Waals surface area contributed by atoms with Gasteiger partial charge in [-0.25, -0.2) is 18.0 Å². The second kappa shape index (κ2) is 11.3. The number of nitrogens with two attached hydrogens (primary N) is 1. The number of carbonyl (C=O) groups is 1. The van der Waals surface area contributed by atoms with Gasteiger partial charge in [-0.1, -0.05) is 36.0 Å². The van der Waals surface area contributed by atoms with Crippen LogP contribution in [-0.4, -0.2) is 65.7 Å². The van der Waals surface area contributed by atoms with Crippen molar-refractivity contribution in [1.82, 2.24) is 9.80 Å². The molecule has 0 aromatic heterocycles. The molecule has 1 atom stereocenters. The van der Waals surface area contributed by atoms with E-state index in [2.05, 4.69) is 0 Å². The number of benzene rings is 2. The van der Waals surface area contributed by atoms with Crippen LogP contribution in [0, 0.1) is 5.82 Å². The van der Waals surface area contributed by atoms with Crippen LogP contribution in [0.5, 0.6) is 5.75 Å². The van der Waals surface area contributed by atoms with E-state index in [0.29, 0.717) is 11.3 Å². The summed E-state index contributed by atoms with van der Waals surface area (Å²) >= 11 is 12.2. The zero-order valence-corrected chi connectivity index (χ0v) is 23.8. The molecule has 1 heterocycles. The standard InChI is InChI=1S/C28H31ClF3N3O3S/c1-28(2,3)38-27(36)34-9-10-35(21(14-34)25(31)32)26(39)19-13-20(29)22(23(30)24(19)33)18-12-16(37-4)11-15-7-5-6-8-17(15)18/h6,8,11-13,21,25H,5,7,9-10,14,33H2,1-4H3. The van der Waals surface area contributed by atoms with Crippen molar-refractivity contribution < 1.29 is 27.4 Å². The number of carbonyl (C=O) groups excluding carboxylic acids is 1.